The Morgan fingerprint density at radius 3 is 2.27 bits per heavy atom. The van der Waals surface area contributed by atoms with Gasteiger partial charge in [0, 0.05) is 5.02 Å². The highest BCUT2D eigenvalue weighted by Crippen LogP contribution is 2.54. The van der Waals surface area contributed by atoms with Crippen molar-refractivity contribution in [1.82, 2.24) is 0 Å². The second-order valence-corrected chi connectivity index (χ2v) is 8.40. The van der Waals surface area contributed by atoms with Gasteiger partial charge in [-0.2, -0.15) is 0 Å². The Kier molecular flexibility index (Phi) is 3.88. The molecule has 2 amide bonds. The maximum Gasteiger partial charge on any atom is 0.240 e. The first-order valence-electron chi connectivity index (χ1n) is 9.89. The van der Waals surface area contributed by atoms with Crippen LogP contribution in [-0.2, 0) is 19.2 Å². The molecule has 0 aromatic heterocycles. The molecule has 7 heteroatoms. The van der Waals surface area contributed by atoms with E-state index in [1.165, 1.54) is 4.90 Å². The Labute approximate surface area is 177 Å². The topological polar surface area (TPSA) is 68.2 Å². The van der Waals surface area contributed by atoms with Gasteiger partial charge in [-0.15, -0.1) is 0 Å². The molecule has 4 aliphatic rings. The van der Waals surface area contributed by atoms with Crippen molar-refractivity contribution in [2.75, 3.05) is 4.90 Å². The number of anilines is 1. The summed E-state index contributed by atoms with van der Waals surface area (Å²) in [6, 6.07) is 16.6. The number of allylic oxidation sites excluding steroid dienone is 1. The van der Waals surface area contributed by atoms with Gasteiger partial charge in [0.2, 0.25) is 11.8 Å². The Bertz CT molecular complexity index is 1100. The van der Waals surface area contributed by atoms with E-state index < -0.39 is 24.0 Å². The molecular formula is C23H17ClN2O4. The molecule has 6 rings (SSSR count). The molecule has 6 nitrogen and oxygen atoms in total. The number of ether oxygens (including phenoxy) is 1. The summed E-state index contributed by atoms with van der Waals surface area (Å²) in [5, 5.41) is 4.79. The smallest absolute Gasteiger partial charge is 0.240 e. The maximum atomic E-state index is 13.2. The summed E-state index contributed by atoms with van der Waals surface area (Å²) in [5.74, 6) is -1.67. The maximum absolute atomic E-state index is 13.2. The Hall–Kier alpha value is -2.96. The zero-order chi connectivity index (χ0) is 20.4. The van der Waals surface area contributed by atoms with Gasteiger partial charge in [0.25, 0.3) is 0 Å². The number of hydrogen-bond acceptors (Lipinski definition) is 5. The molecule has 30 heavy (non-hydrogen) atoms. The molecule has 4 aliphatic heterocycles. The molecule has 2 aromatic rings. The second kappa shape index (κ2) is 6.52. The third-order valence-corrected chi connectivity index (χ3v) is 6.66. The van der Waals surface area contributed by atoms with Gasteiger partial charge in [0.1, 0.15) is 6.10 Å². The van der Waals surface area contributed by atoms with Gasteiger partial charge in [0.05, 0.1) is 35.3 Å². The number of hydrogen-bond donors (Lipinski definition) is 0. The molecule has 6 atom stereocenters. The van der Waals surface area contributed by atoms with Crippen LogP contribution < -0.4 is 4.90 Å². The molecule has 0 saturated carbocycles. The molecule has 0 spiro atoms. The average molecular weight is 421 g/mol. The highest BCUT2D eigenvalue weighted by atomic mass is 35.5. The quantitative estimate of drug-likeness (QED) is 0.714. The van der Waals surface area contributed by atoms with Crippen LogP contribution in [0.3, 0.4) is 0 Å². The van der Waals surface area contributed by atoms with Crippen LogP contribution >= 0.6 is 11.6 Å². The highest BCUT2D eigenvalue weighted by molar-refractivity contribution is 6.31. The van der Waals surface area contributed by atoms with Gasteiger partial charge in [-0.25, -0.2) is 4.90 Å². The Morgan fingerprint density at radius 1 is 0.833 bits per heavy atom. The summed E-state index contributed by atoms with van der Waals surface area (Å²) < 4.78 is 6.10. The molecular weight excluding hydrogens is 404 g/mol. The largest absolute Gasteiger partial charge is 0.389 e. The van der Waals surface area contributed by atoms with Crippen molar-refractivity contribution in [3.8, 4) is 0 Å². The SMILES string of the molecule is O=C1[C@@H]2[C@H]3O[C@H]([C@H]4ON=C(/C=C/c5ccccc5)[C@H]43)[C@@H]2C(=O)N1c1ccc(Cl)cc1. The zero-order valence-corrected chi connectivity index (χ0v) is 16.5. The van der Waals surface area contributed by atoms with E-state index >= 15 is 0 Å². The Balaban J connectivity index is 1.29. The van der Waals surface area contributed by atoms with Crippen molar-refractivity contribution in [2.45, 2.75) is 18.3 Å². The van der Waals surface area contributed by atoms with E-state index in [0.717, 1.165) is 11.3 Å². The minimum absolute atomic E-state index is 0.155. The molecule has 3 saturated heterocycles. The van der Waals surface area contributed by atoms with Crippen LogP contribution in [-0.4, -0.2) is 35.8 Å². The molecule has 2 bridgehead atoms. The molecule has 0 radical (unpaired) electrons. The molecule has 2 aromatic carbocycles. The number of rotatable bonds is 3. The first-order chi connectivity index (χ1) is 14.6. The number of nitrogens with zero attached hydrogens (tertiary/aromatic N) is 2. The normalized spacial score (nSPS) is 33.8. The van der Waals surface area contributed by atoms with Crippen LogP contribution in [0.15, 0.2) is 65.8 Å². The number of imide groups is 1. The first kappa shape index (κ1) is 17.9. The standard InChI is InChI=1S/C23H17ClN2O4/c24-13-7-9-14(10-8-13)26-22(27)17-18(23(26)28)20-21-16(19(17)29-20)15(25-30-21)11-6-12-4-2-1-3-5-12/h1-11,16-21H/b11-6+/t16-,17-,18+,19-,20-,21-/m0/s1. The minimum Gasteiger partial charge on any atom is -0.389 e. The lowest BCUT2D eigenvalue weighted by atomic mass is 9.72. The molecule has 0 unspecified atom stereocenters. The fraction of sp³-hybridized carbons (Fsp3) is 0.261. The summed E-state index contributed by atoms with van der Waals surface area (Å²) in [4.78, 5) is 33.3. The number of halogens is 1. The van der Waals surface area contributed by atoms with Crippen molar-refractivity contribution < 1.29 is 19.2 Å². The zero-order valence-electron chi connectivity index (χ0n) is 15.7. The lowest BCUT2D eigenvalue weighted by Gasteiger charge is -2.25. The van der Waals surface area contributed by atoms with Crippen LogP contribution in [0.1, 0.15) is 5.56 Å². The monoisotopic (exact) mass is 420 g/mol. The number of fused-ring (bicyclic) bond motifs is 8. The van der Waals surface area contributed by atoms with E-state index in [0.29, 0.717) is 10.7 Å². The van der Waals surface area contributed by atoms with Crippen molar-refractivity contribution in [3.05, 3.63) is 71.3 Å². The average Bonchev–Trinajstić information content (AvgIpc) is 3.49. The fourth-order valence-corrected chi connectivity index (χ4v) is 5.24. The van der Waals surface area contributed by atoms with Gasteiger partial charge in [-0.3, -0.25) is 9.59 Å². The van der Waals surface area contributed by atoms with E-state index in [-0.39, 0.29) is 23.8 Å². The lowest BCUT2D eigenvalue weighted by Crippen LogP contribution is -2.45. The first-order valence-corrected chi connectivity index (χ1v) is 10.3. The molecule has 0 N–H and O–H groups in total. The molecule has 150 valence electrons. The molecule has 3 fully saturated rings. The van der Waals surface area contributed by atoms with E-state index in [9.17, 15) is 9.59 Å². The summed E-state index contributed by atoms with van der Waals surface area (Å²) in [7, 11) is 0. The van der Waals surface area contributed by atoms with Crippen molar-refractivity contribution in [3.63, 3.8) is 0 Å². The predicted molar refractivity (Wildman–Crippen MR) is 111 cm³/mol. The van der Waals surface area contributed by atoms with Crippen molar-refractivity contribution >= 4 is 40.9 Å². The predicted octanol–water partition coefficient (Wildman–Crippen LogP) is 3.31. The third kappa shape index (κ3) is 2.44. The van der Waals surface area contributed by atoms with Crippen molar-refractivity contribution in [1.29, 1.82) is 0 Å². The second-order valence-electron chi connectivity index (χ2n) is 7.96. The summed E-state index contributed by atoms with van der Waals surface area (Å²) in [6.45, 7) is 0. The van der Waals surface area contributed by atoms with Crippen molar-refractivity contribution in [2.24, 2.45) is 22.9 Å². The van der Waals surface area contributed by atoms with Gasteiger partial charge >= 0.3 is 0 Å². The molecule has 0 aliphatic carbocycles. The van der Waals surface area contributed by atoms with E-state index in [1.54, 1.807) is 24.3 Å². The van der Waals surface area contributed by atoms with Gasteiger partial charge in [0.15, 0.2) is 6.10 Å². The number of benzene rings is 2. The van der Waals surface area contributed by atoms with Crippen LogP contribution in [0.5, 0.6) is 0 Å². The van der Waals surface area contributed by atoms with Crippen LogP contribution in [0, 0.1) is 17.8 Å². The lowest BCUT2D eigenvalue weighted by molar-refractivity contribution is -0.125. The summed E-state index contributed by atoms with van der Waals surface area (Å²) >= 11 is 5.95. The van der Waals surface area contributed by atoms with Crippen LogP contribution in [0.4, 0.5) is 5.69 Å². The summed E-state index contributed by atoms with van der Waals surface area (Å²) in [5.41, 5.74) is 2.33. The highest BCUT2D eigenvalue weighted by Gasteiger charge is 2.71. The number of amides is 2. The third-order valence-electron chi connectivity index (χ3n) is 6.40. The van der Waals surface area contributed by atoms with Crippen LogP contribution in [0.25, 0.3) is 6.08 Å². The van der Waals surface area contributed by atoms with E-state index in [2.05, 4.69) is 5.16 Å². The van der Waals surface area contributed by atoms with Gasteiger partial charge in [-0.1, -0.05) is 53.2 Å². The Morgan fingerprint density at radius 2 is 1.53 bits per heavy atom. The van der Waals surface area contributed by atoms with Gasteiger partial charge in [-0.05, 0) is 35.9 Å². The van der Waals surface area contributed by atoms with Crippen LogP contribution in [0.2, 0.25) is 5.02 Å². The minimum atomic E-state index is -0.535. The fourth-order valence-electron chi connectivity index (χ4n) is 5.11. The van der Waals surface area contributed by atoms with Gasteiger partial charge < -0.3 is 9.57 Å². The number of carbonyl (C=O) groups excluding carboxylic acids is 2. The van der Waals surface area contributed by atoms with E-state index in [1.807, 2.05) is 42.5 Å². The number of carbonyl (C=O) groups is 2. The van der Waals surface area contributed by atoms with E-state index in [4.69, 9.17) is 21.2 Å². The summed E-state index contributed by atoms with van der Waals surface area (Å²) in [6.07, 6.45) is 2.66. The molecule has 4 heterocycles. The number of oxime groups is 1.